The van der Waals surface area contributed by atoms with E-state index in [0.29, 0.717) is 5.29 Å². The standard InChI is InChI=1S/C21H17OP/c22-20(21(23)18-14-8-3-9-15-18)19(16-10-4-1-5-11-16)17-12-6-2-7-13-17/h1-15,19,23H/p+1. The summed E-state index contributed by atoms with van der Waals surface area (Å²) >= 11 is 0. The molecule has 112 valence electrons. The summed E-state index contributed by atoms with van der Waals surface area (Å²) < 4.78 is 0. The topological polar surface area (TPSA) is 17.1 Å². The van der Waals surface area contributed by atoms with E-state index in [4.69, 9.17) is 0 Å². The molecule has 1 atom stereocenters. The lowest BCUT2D eigenvalue weighted by atomic mass is 9.85. The van der Waals surface area contributed by atoms with Gasteiger partial charge in [-0.3, -0.25) is 4.79 Å². The fraction of sp³-hybridized carbons (Fsp3) is 0.0476. The largest absolute Gasteiger partial charge is 0.289 e. The Morgan fingerprint density at radius 1 is 0.652 bits per heavy atom. The Morgan fingerprint density at radius 3 is 1.48 bits per heavy atom. The zero-order valence-corrected chi connectivity index (χ0v) is 13.9. The van der Waals surface area contributed by atoms with E-state index in [9.17, 15) is 4.79 Å². The van der Waals surface area contributed by atoms with Gasteiger partial charge in [-0.05, 0) is 11.1 Å². The van der Waals surface area contributed by atoms with Gasteiger partial charge in [0.2, 0.25) is 5.78 Å². The maximum Gasteiger partial charge on any atom is 0.216 e. The summed E-state index contributed by atoms with van der Waals surface area (Å²) in [6.07, 6.45) is 0. The van der Waals surface area contributed by atoms with E-state index in [-0.39, 0.29) is 11.7 Å². The monoisotopic (exact) mass is 317 g/mol. The Bertz CT molecular complexity index is 756. The molecule has 0 saturated heterocycles. The van der Waals surface area contributed by atoms with Crippen molar-refractivity contribution < 1.29 is 4.79 Å². The molecule has 0 amide bonds. The Kier molecular flexibility index (Phi) is 4.80. The lowest BCUT2D eigenvalue weighted by molar-refractivity contribution is -0.113. The van der Waals surface area contributed by atoms with Crippen molar-refractivity contribution in [2.45, 2.75) is 5.92 Å². The summed E-state index contributed by atoms with van der Waals surface area (Å²) in [5.74, 6) is -0.177. The van der Waals surface area contributed by atoms with Crippen LogP contribution in [0, 0.1) is 0 Å². The van der Waals surface area contributed by atoms with Crippen molar-refractivity contribution >= 4 is 19.9 Å². The molecule has 0 radical (unpaired) electrons. The van der Waals surface area contributed by atoms with Gasteiger partial charge in [-0.15, -0.1) is 0 Å². The third kappa shape index (κ3) is 3.47. The summed E-state index contributed by atoms with van der Waals surface area (Å²) in [4.78, 5) is 13.2. The molecule has 2 heteroatoms. The molecule has 0 aliphatic heterocycles. The lowest BCUT2D eigenvalue weighted by Crippen LogP contribution is -2.22. The third-order valence-electron chi connectivity index (χ3n) is 3.88. The minimum absolute atomic E-state index is 0.110. The van der Waals surface area contributed by atoms with E-state index >= 15 is 0 Å². The molecule has 3 rings (SSSR count). The molecule has 1 nitrogen and oxygen atoms in total. The number of Topliss-reactive ketones (excluding diaryl/α,β-unsaturated/α-hetero) is 1. The van der Waals surface area contributed by atoms with Crippen LogP contribution in [0.4, 0.5) is 0 Å². The lowest BCUT2D eigenvalue weighted by Gasteiger charge is -2.16. The maximum atomic E-state index is 13.2. The van der Waals surface area contributed by atoms with Crippen LogP contribution in [0.25, 0.3) is 0 Å². The highest BCUT2D eigenvalue weighted by molar-refractivity contribution is 7.27. The first-order valence-corrected chi connectivity index (χ1v) is 8.17. The van der Waals surface area contributed by atoms with Crippen LogP contribution in [0.5, 0.6) is 0 Å². The molecule has 0 saturated carbocycles. The second-order valence-electron chi connectivity index (χ2n) is 5.40. The molecule has 0 N–H and O–H groups in total. The van der Waals surface area contributed by atoms with Crippen molar-refractivity contribution in [2.75, 3.05) is 0 Å². The third-order valence-corrected chi connectivity index (χ3v) is 4.50. The van der Waals surface area contributed by atoms with E-state index in [1.165, 1.54) is 0 Å². The first-order valence-electron chi connectivity index (χ1n) is 7.59. The van der Waals surface area contributed by atoms with Crippen molar-refractivity contribution in [3.8, 4) is 0 Å². The van der Waals surface area contributed by atoms with E-state index in [0.717, 1.165) is 16.7 Å². The van der Waals surface area contributed by atoms with Crippen LogP contribution in [-0.2, 0) is 4.79 Å². The SMILES string of the molecule is O=C(C(=[PH2+])c1ccccc1)C(c1ccccc1)c1ccccc1. The molecular formula is C21H18OP+. The molecule has 23 heavy (non-hydrogen) atoms. The number of carbonyl (C=O) groups is 1. The Balaban J connectivity index is 2.02. The molecule has 1 unspecified atom stereocenters. The fourth-order valence-electron chi connectivity index (χ4n) is 2.70. The van der Waals surface area contributed by atoms with Crippen molar-refractivity contribution in [1.29, 1.82) is 0 Å². The molecular weight excluding hydrogens is 299 g/mol. The maximum absolute atomic E-state index is 13.2. The normalized spacial score (nSPS) is 10.5. The second-order valence-corrected chi connectivity index (χ2v) is 5.98. The number of hydrogen-bond acceptors (Lipinski definition) is 1. The summed E-state index contributed by atoms with van der Waals surface area (Å²) in [7, 11) is 2.62. The van der Waals surface area contributed by atoms with Crippen LogP contribution in [0.2, 0.25) is 0 Å². The van der Waals surface area contributed by atoms with Crippen LogP contribution in [0.1, 0.15) is 22.6 Å². The number of ketones is 1. The highest BCUT2D eigenvalue weighted by Gasteiger charge is 2.28. The molecule has 0 spiro atoms. The van der Waals surface area contributed by atoms with Gasteiger partial charge in [-0.2, -0.15) is 0 Å². The van der Waals surface area contributed by atoms with Gasteiger partial charge in [-0.25, -0.2) is 0 Å². The van der Waals surface area contributed by atoms with Gasteiger partial charge >= 0.3 is 0 Å². The first kappa shape index (κ1) is 15.4. The number of carbonyl (C=O) groups excluding carboxylic acids is 1. The summed E-state index contributed by atoms with van der Waals surface area (Å²) in [5.41, 5.74) is 2.97. The molecule has 3 aromatic rings. The van der Waals surface area contributed by atoms with Gasteiger partial charge in [0.05, 0.1) is 14.8 Å². The van der Waals surface area contributed by atoms with Gasteiger partial charge in [0, 0.05) is 5.56 Å². The summed E-state index contributed by atoms with van der Waals surface area (Å²) in [5, 5.41) is 0.711. The van der Waals surface area contributed by atoms with Gasteiger partial charge < -0.3 is 0 Å². The number of rotatable bonds is 5. The van der Waals surface area contributed by atoms with Crippen molar-refractivity contribution in [3.05, 3.63) is 108 Å². The van der Waals surface area contributed by atoms with Crippen LogP contribution in [0.3, 0.4) is 0 Å². The Hall–Kier alpha value is -2.50. The average Bonchev–Trinajstić information content (AvgIpc) is 2.64. The van der Waals surface area contributed by atoms with Gasteiger partial charge in [-0.1, -0.05) is 91.0 Å². The summed E-state index contributed by atoms with van der Waals surface area (Å²) in [6.45, 7) is 0. The van der Waals surface area contributed by atoms with Gasteiger partial charge in [0.25, 0.3) is 0 Å². The average molecular weight is 317 g/mol. The quantitative estimate of drug-likeness (QED) is 0.634. The van der Waals surface area contributed by atoms with Crippen LogP contribution < -0.4 is 0 Å². The highest BCUT2D eigenvalue weighted by atomic mass is 31.0. The molecule has 0 aliphatic carbocycles. The van der Waals surface area contributed by atoms with Crippen molar-refractivity contribution in [1.82, 2.24) is 0 Å². The predicted octanol–water partition coefficient (Wildman–Crippen LogP) is 4.48. The zero-order chi connectivity index (χ0) is 16.1. The summed E-state index contributed by atoms with van der Waals surface area (Å²) in [6, 6.07) is 29.7. The van der Waals surface area contributed by atoms with E-state index < -0.39 is 0 Å². The molecule has 0 aliphatic rings. The second kappa shape index (κ2) is 7.17. The minimum Gasteiger partial charge on any atom is -0.289 e. The smallest absolute Gasteiger partial charge is 0.216 e. The molecule has 0 heterocycles. The highest BCUT2D eigenvalue weighted by Crippen LogP contribution is 2.27. The minimum atomic E-state index is -0.287. The first-order chi connectivity index (χ1) is 11.3. The molecule has 0 aromatic heterocycles. The van der Waals surface area contributed by atoms with Crippen LogP contribution in [0.15, 0.2) is 91.0 Å². The predicted molar refractivity (Wildman–Crippen MR) is 100.0 cm³/mol. The van der Waals surface area contributed by atoms with Crippen molar-refractivity contribution in [3.63, 3.8) is 0 Å². The Labute approximate surface area is 138 Å². The number of hydrogen-bond donors (Lipinski definition) is 0. The van der Waals surface area contributed by atoms with Gasteiger partial charge in [0.1, 0.15) is 0 Å². The van der Waals surface area contributed by atoms with Gasteiger partial charge in [0.15, 0.2) is 5.29 Å². The van der Waals surface area contributed by atoms with E-state index in [1.54, 1.807) is 0 Å². The molecule has 3 aromatic carbocycles. The Morgan fingerprint density at radius 2 is 1.04 bits per heavy atom. The van der Waals surface area contributed by atoms with Crippen LogP contribution in [-0.4, -0.2) is 11.1 Å². The van der Waals surface area contributed by atoms with Crippen molar-refractivity contribution in [2.24, 2.45) is 0 Å². The van der Waals surface area contributed by atoms with Crippen LogP contribution >= 0.6 is 8.86 Å². The molecule has 0 fully saturated rings. The van der Waals surface area contributed by atoms with E-state index in [1.807, 2.05) is 91.0 Å². The fourth-order valence-corrected chi connectivity index (χ4v) is 3.06. The zero-order valence-electron chi connectivity index (χ0n) is 12.7. The number of benzene rings is 3. The van der Waals surface area contributed by atoms with E-state index in [2.05, 4.69) is 8.86 Å². The molecule has 0 bridgehead atoms.